The molecule has 0 spiro atoms. The molecule has 0 bridgehead atoms. The summed E-state index contributed by atoms with van der Waals surface area (Å²) in [6.07, 6.45) is 3.42. The number of likely N-dealkylation sites (tertiary alicyclic amines) is 1. The van der Waals surface area contributed by atoms with Gasteiger partial charge in [0.1, 0.15) is 0 Å². The Morgan fingerprint density at radius 3 is 2.50 bits per heavy atom. The fraction of sp³-hybridized carbons (Fsp3) is 1.00. The monoisotopic (exact) mass is 228 g/mol. The van der Waals surface area contributed by atoms with Gasteiger partial charge in [0.15, 0.2) is 0 Å². The maximum absolute atomic E-state index is 10.3. The summed E-state index contributed by atoms with van der Waals surface area (Å²) in [4.78, 5) is 2.33. The van der Waals surface area contributed by atoms with Crippen molar-refractivity contribution in [1.82, 2.24) is 10.2 Å². The van der Waals surface area contributed by atoms with Gasteiger partial charge in [-0.05, 0) is 19.3 Å². The van der Waals surface area contributed by atoms with Crippen LogP contribution in [0.3, 0.4) is 0 Å². The number of hydrogen-bond acceptors (Lipinski definition) is 4. The van der Waals surface area contributed by atoms with E-state index in [9.17, 15) is 10.2 Å². The van der Waals surface area contributed by atoms with Crippen molar-refractivity contribution in [2.45, 2.75) is 50.4 Å². The Morgan fingerprint density at radius 1 is 1.31 bits per heavy atom. The highest BCUT2D eigenvalue weighted by molar-refractivity contribution is 4.93. The van der Waals surface area contributed by atoms with Crippen molar-refractivity contribution in [2.75, 3.05) is 26.2 Å². The van der Waals surface area contributed by atoms with Crippen LogP contribution in [0.15, 0.2) is 0 Å². The zero-order valence-corrected chi connectivity index (χ0v) is 10.2. The normalized spacial score (nSPS) is 35.4. The first-order valence-electron chi connectivity index (χ1n) is 6.50. The quantitative estimate of drug-likeness (QED) is 0.634. The van der Waals surface area contributed by atoms with Crippen LogP contribution in [0.2, 0.25) is 0 Å². The molecular weight excluding hydrogens is 204 g/mol. The van der Waals surface area contributed by atoms with Gasteiger partial charge in [-0.2, -0.15) is 0 Å². The zero-order valence-electron chi connectivity index (χ0n) is 10.2. The first-order valence-corrected chi connectivity index (χ1v) is 6.50. The predicted octanol–water partition coefficient (Wildman–Crippen LogP) is -0.0539. The molecule has 0 amide bonds. The number of rotatable bonds is 3. The van der Waals surface area contributed by atoms with E-state index in [1.807, 2.05) is 0 Å². The van der Waals surface area contributed by atoms with Crippen molar-refractivity contribution in [1.29, 1.82) is 0 Å². The van der Waals surface area contributed by atoms with Gasteiger partial charge >= 0.3 is 0 Å². The van der Waals surface area contributed by atoms with Gasteiger partial charge in [0.2, 0.25) is 0 Å². The van der Waals surface area contributed by atoms with Gasteiger partial charge < -0.3 is 15.5 Å². The molecule has 0 aromatic heterocycles. The van der Waals surface area contributed by atoms with E-state index in [2.05, 4.69) is 17.1 Å². The van der Waals surface area contributed by atoms with Crippen LogP contribution in [0.1, 0.15) is 32.6 Å². The summed E-state index contributed by atoms with van der Waals surface area (Å²) < 4.78 is 0. The standard InChI is InChI=1S/C12H24N2O2/c1-2-3-12(16)4-6-14(7-5-12)10-8-13-9-11(10)15/h10-11,13,15-16H,2-9H2,1H3/t10-,11-/m1/s1. The lowest BCUT2D eigenvalue weighted by molar-refractivity contribution is -0.0461. The Hall–Kier alpha value is -0.160. The molecule has 0 unspecified atom stereocenters. The molecule has 16 heavy (non-hydrogen) atoms. The zero-order chi connectivity index (χ0) is 11.6. The number of aliphatic hydroxyl groups excluding tert-OH is 1. The summed E-state index contributed by atoms with van der Waals surface area (Å²) in [6, 6.07) is 0.256. The molecule has 0 aromatic rings. The van der Waals surface area contributed by atoms with Gasteiger partial charge in [-0.15, -0.1) is 0 Å². The van der Waals surface area contributed by atoms with Crippen molar-refractivity contribution in [2.24, 2.45) is 0 Å². The lowest BCUT2D eigenvalue weighted by Gasteiger charge is -2.41. The maximum atomic E-state index is 10.3. The molecule has 2 fully saturated rings. The van der Waals surface area contributed by atoms with Crippen molar-refractivity contribution >= 4 is 0 Å². The van der Waals surface area contributed by atoms with E-state index in [1.165, 1.54) is 0 Å². The lowest BCUT2D eigenvalue weighted by atomic mass is 9.86. The molecule has 2 rings (SSSR count). The SMILES string of the molecule is CCCC1(O)CCN([C@@H]2CNC[C@H]2O)CC1. The summed E-state index contributed by atoms with van der Waals surface area (Å²) in [5.41, 5.74) is -0.442. The highest BCUT2D eigenvalue weighted by atomic mass is 16.3. The van der Waals surface area contributed by atoms with Crippen molar-refractivity contribution in [3.8, 4) is 0 Å². The third-order valence-electron chi connectivity index (χ3n) is 4.06. The molecule has 3 N–H and O–H groups in total. The van der Waals surface area contributed by atoms with Crippen molar-refractivity contribution in [3.05, 3.63) is 0 Å². The van der Waals surface area contributed by atoms with E-state index in [-0.39, 0.29) is 12.1 Å². The molecule has 2 atom stereocenters. The van der Waals surface area contributed by atoms with Gasteiger partial charge in [-0.3, -0.25) is 4.90 Å². The molecule has 2 saturated heterocycles. The third-order valence-corrected chi connectivity index (χ3v) is 4.06. The number of β-amino-alcohol motifs (C(OH)–C–C–N with tert-alkyl or cyclic N) is 1. The molecule has 0 radical (unpaired) electrons. The first-order chi connectivity index (χ1) is 7.64. The molecule has 4 nitrogen and oxygen atoms in total. The van der Waals surface area contributed by atoms with Crippen LogP contribution < -0.4 is 5.32 Å². The van der Waals surface area contributed by atoms with Crippen molar-refractivity contribution in [3.63, 3.8) is 0 Å². The number of nitrogens with one attached hydrogen (secondary N) is 1. The van der Waals surface area contributed by atoms with Gasteiger partial charge in [-0.1, -0.05) is 13.3 Å². The summed E-state index contributed by atoms with van der Waals surface area (Å²) in [7, 11) is 0. The highest BCUT2D eigenvalue weighted by Gasteiger charge is 2.37. The van der Waals surface area contributed by atoms with Crippen LogP contribution >= 0.6 is 0 Å². The van der Waals surface area contributed by atoms with E-state index < -0.39 is 5.60 Å². The van der Waals surface area contributed by atoms with Crippen LogP contribution in [-0.2, 0) is 0 Å². The van der Waals surface area contributed by atoms with Crippen LogP contribution in [0, 0.1) is 0 Å². The number of hydrogen-bond donors (Lipinski definition) is 3. The average molecular weight is 228 g/mol. The summed E-state index contributed by atoms with van der Waals surface area (Å²) in [6.45, 7) is 5.54. The second-order valence-corrected chi connectivity index (χ2v) is 5.30. The lowest BCUT2D eigenvalue weighted by Crippen LogP contribution is -2.51. The average Bonchev–Trinajstić information content (AvgIpc) is 2.66. The van der Waals surface area contributed by atoms with Crippen LogP contribution in [0.5, 0.6) is 0 Å². The molecule has 4 heteroatoms. The van der Waals surface area contributed by atoms with E-state index >= 15 is 0 Å². The predicted molar refractivity (Wildman–Crippen MR) is 63.3 cm³/mol. The van der Waals surface area contributed by atoms with E-state index in [0.29, 0.717) is 6.54 Å². The minimum absolute atomic E-state index is 0.239. The first kappa shape index (κ1) is 12.3. The Labute approximate surface area is 97.6 Å². The molecule has 94 valence electrons. The second-order valence-electron chi connectivity index (χ2n) is 5.30. The van der Waals surface area contributed by atoms with Gasteiger partial charge in [0.05, 0.1) is 11.7 Å². The smallest absolute Gasteiger partial charge is 0.0831 e. The van der Waals surface area contributed by atoms with E-state index in [1.54, 1.807) is 0 Å². The number of nitrogens with zero attached hydrogens (tertiary/aromatic N) is 1. The maximum Gasteiger partial charge on any atom is 0.0831 e. The Kier molecular flexibility index (Phi) is 3.85. The molecule has 2 aliphatic heterocycles. The summed E-state index contributed by atoms with van der Waals surface area (Å²) >= 11 is 0. The summed E-state index contributed by atoms with van der Waals surface area (Å²) in [5.74, 6) is 0. The van der Waals surface area contributed by atoms with Crippen molar-refractivity contribution < 1.29 is 10.2 Å². The highest BCUT2D eigenvalue weighted by Crippen LogP contribution is 2.28. The Balaban J connectivity index is 1.85. The molecular formula is C12H24N2O2. The van der Waals surface area contributed by atoms with Crippen LogP contribution in [-0.4, -0.2) is 59.0 Å². The second kappa shape index (κ2) is 5.00. The molecule has 0 saturated carbocycles. The fourth-order valence-electron chi connectivity index (χ4n) is 3.01. The summed E-state index contributed by atoms with van der Waals surface area (Å²) in [5, 5.41) is 23.3. The minimum Gasteiger partial charge on any atom is -0.390 e. The minimum atomic E-state index is -0.442. The van der Waals surface area contributed by atoms with Gasteiger partial charge in [0, 0.05) is 32.2 Å². The topological polar surface area (TPSA) is 55.7 Å². The van der Waals surface area contributed by atoms with Crippen LogP contribution in [0.25, 0.3) is 0 Å². The van der Waals surface area contributed by atoms with Crippen LogP contribution in [0.4, 0.5) is 0 Å². The van der Waals surface area contributed by atoms with E-state index in [0.717, 1.165) is 45.3 Å². The molecule has 2 heterocycles. The molecule has 0 aliphatic carbocycles. The fourth-order valence-corrected chi connectivity index (χ4v) is 3.01. The Bertz CT molecular complexity index is 227. The number of aliphatic hydroxyl groups is 2. The van der Waals surface area contributed by atoms with Gasteiger partial charge in [-0.25, -0.2) is 0 Å². The molecule has 0 aromatic carbocycles. The van der Waals surface area contributed by atoms with Gasteiger partial charge in [0.25, 0.3) is 0 Å². The third kappa shape index (κ3) is 2.56. The largest absolute Gasteiger partial charge is 0.390 e. The van der Waals surface area contributed by atoms with E-state index in [4.69, 9.17) is 0 Å². The molecule has 2 aliphatic rings. The Morgan fingerprint density at radius 2 is 2.00 bits per heavy atom. The number of piperidine rings is 1.